The van der Waals surface area contributed by atoms with E-state index in [4.69, 9.17) is 9.47 Å². The molecule has 0 saturated carbocycles. The van der Waals surface area contributed by atoms with Crippen LogP contribution in [0.4, 0.5) is 5.69 Å². The van der Waals surface area contributed by atoms with E-state index in [0.717, 1.165) is 5.75 Å². The zero-order chi connectivity index (χ0) is 18.4. The number of amides is 1. The SMILES string of the molecule is COc1ccc(OC[C@@H](C)NC(=O)c2ccc(C)c([N+](=O)[O-])c2)cc1. The van der Waals surface area contributed by atoms with Gasteiger partial charge in [0.05, 0.1) is 18.1 Å². The van der Waals surface area contributed by atoms with Gasteiger partial charge in [0.15, 0.2) is 0 Å². The van der Waals surface area contributed by atoms with Gasteiger partial charge >= 0.3 is 0 Å². The molecule has 132 valence electrons. The minimum absolute atomic E-state index is 0.0743. The molecule has 1 atom stereocenters. The number of carbonyl (C=O) groups excluding carboxylic acids is 1. The molecule has 0 aliphatic carbocycles. The number of hydrogen-bond acceptors (Lipinski definition) is 5. The molecule has 0 unspecified atom stereocenters. The number of nitro groups is 1. The first-order valence-electron chi connectivity index (χ1n) is 7.73. The fourth-order valence-corrected chi connectivity index (χ4v) is 2.19. The first-order valence-corrected chi connectivity index (χ1v) is 7.73. The van der Waals surface area contributed by atoms with Crippen molar-refractivity contribution in [3.05, 3.63) is 63.7 Å². The largest absolute Gasteiger partial charge is 0.497 e. The average Bonchev–Trinajstić information content (AvgIpc) is 2.60. The van der Waals surface area contributed by atoms with Gasteiger partial charge in [-0.3, -0.25) is 14.9 Å². The Morgan fingerprint density at radius 1 is 1.20 bits per heavy atom. The predicted molar refractivity (Wildman–Crippen MR) is 93.3 cm³/mol. The molecule has 2 aromatic rings. The summed E-state index contributed by atoms with van der Waals surface area (Å²) in [5.74, 6) is 1.01. The van der Waals surface area contributed by atoms with Gasteiger partial charge in [-0.2, -0.15) is 0 Å². The molecule has 2 rings (SSSR count). The molecule has 1 amide bonds. The zero-order valence-electron chi connectivity index (χ0n) is 14.3. The van der Waals surface area contributed by atoms with Gasteiger partial charge in [0.2, 0.25) is 0 Å². The topological polar surface area (TPSA) is 90.7 Å². The van der Waals surface area contributed by atoms with Gasteiger partial charge < -0.3 is 14.8 Å². The lowest BCUT2D eigenvalue weighted by molar-refractivity contribution is -0.385. The van der Waals surface area contributed by atoms with Gasteiger partial charge in [-0.15, -0.1) is 0 Å². The number of benzene rings is 2. The minimum Gasteiger partial charge on any atom is -0.497 e. The highest BCUT2D eigenvalue weighted by Gasteiger charge is 2.16. The Balaban J connectivity index is 1.93. The van der Waals surface area contributed by atoms with Crippen LogP contribution in [0.15, 0.2) is 42.5 Å². The van der Waals surface area contributed by atoms with E-state index in [1.54, 1.807) is 57.4 Å². The summed E-state index contributed by atoms with van der Waals surface area (Å²) < 4.78 is 10.7. The van der Waals surface area contributed by atoms with Crippen molar-refractivity contribution in [2.24, 2.45) is 0 Å². The third-order valence-corrected chi connectivity index (χ3v) is 3.60. The lowest BCUT2D eigenvalue weighted by atomic mass is 10.1. The van der Waals surface area contributed by atoms with E-state index < -0.39 is 4.92 Å². The number of rotatable bonds is 7. The van der Waals surface area contributed by atoms with Gasteiger partial charge in [0.25, 0.3) is 11.6 Å². The molecule has 7 nitrogen and oxygen atoms in total. The van der Waals surface area contributed by atoms with Crippen molar-refractivity contribution >= 4 is 11.6 Å². The van der Waals surface area contributed by atoms with E-state index in [9.17, 15) is 14.9 Å². The quantitative estimate of drug-likeness (QED) is 0.615. The van der Waals surface area contributed by atoms with Crippen molar-refractivity contribution in [2.75, 3.05) is 13.7 Å². The van der Waals surface area contributed by atoms with E-state index in [0.29, 0.717) is 11.3 Å². The van der Waals surface area contributed by atoms with Crippen LogP contribution in [-0.2, 0) is 0 Å². The van der Waals surface area contributed by atoms with Gasteiger partial charge in [-0.25, -0.2) is 0 Å². The third kappa shape index (κ3) is 4.94. The predicted octanol–water partition coefficient (Wildman–Crippen LogP) is 3.11. The van der Waals surface area contributed by atoms with Crippen molar-refractivity contribution in [3.63, 3.8) is 0 Å². The van der Waals surface area contributed by atoms with Crippen LogP contribution in [0.2, 0.25) is 0 Å². The number of aryl methyl sites for hydroxylation is 1. The Morgan fingerprint density at radius 2 is 1.84 bits per heavy atom. The normalized spacial score (nSPS) is 11.5. The number of nitrogens with zero attached hydrogens (tertiary/aromatic N) is 1. The van der Waals surface area contributed by atoms with Crippen molar-refractivity contribution in [1.29, 1.82) is 0 Å². The Morgan fingerprint density at radius 3 is 2.44 bits per heavy atom. The molecule has 0 aliphatic rings. The molecule has 0 saturated heterocycles. The van der Waals surface area contributed by atoms with Crippen LogP contribution >= 0.6 is 0 Å². The van der Waals surface area contributed by atoms with Crippen molar-refractivity contribution in [1.82, 2.24) is 5.32 Å². The van der Waals surface area contributed by atoms with E-state index in [-0.39, 0.29) is 29.8 Å². The molecule has 25 heavy (non-hydrogen) atoms. The Labute approximate surface area is 145 Å². The summed E-state index contributed by atoms with van der Waals surface area (Å²) in [4.78, 5) is 22.7. The molecule has 0 aliphatic heterocycles. The van der Waals surface area contributed by atoms with Crippen LogP contribution in [0.3, 0.4) is 0 Å². The molecule has 0 heterocycles. The Hall–Kier alpha value is -3.09. The maximum absolute atomic E-state index is 12.2. The van der Waals surface area contributed by atoms with Crippen molar-refractivity contribution < 1.29 is 19.2 Å². The Bertz CT molecular complexity index is 759. The van der Waals surface area contributed by atoms with Crippen molar-refractivity contribution in [2.45, 2.75) is 19.9 Å². The standard InChI is InChI=1S/C18H20N2O5/c1-12-4-5-14(10-17(12)20(22)23)18(21)19-13(2)11-25-16-8-6-15(24-3)7-9-16/h4-10,13H,11H2,1-3H3,(H,19,21)/t13-/m1/s1. The summed E-state index contributed by atoms with van der Waals surface area (Å²) >= 11 is 0. The maximum Gasteiger partial charge on any atom is 0.273 e. The second kappa shape index (κ2) is 8.14. The Kier molecular flexibility index (Phi) is 5.94. The number of carbonyl (C=O) groups is 1. The molecular weight excluding hydrogens is 324 g/mol. The van der Waals surface area contributed by atoms with Crippen LogP contribution < -0.4 is 14.8 Å². The first kappa shape index (κ1) is 18.3. The summed E-state index contributed by atoms with van der Waals surface area (Å²) in [7, 11) is 1.59. The molecule has 0 fully saturated rings. The smallest absolute Gasteiger partial charge is 0.273 e. The second-order valence-electron chi connectivity index (χ2n) is 5.62. The van der Waals surface area contributed by atoms with Crippen LogP contribution in [0, 0.1) is 17.0 Å². The van der Waals surface area contributed by atoms with Gasteiger partial charge in [0, 0.05) is 17.2 Å². The fourth-order valence-electron chi connectivity index (χ4n) is 2.19. The lowest BCUT2D eigenvalue weighted by Crippen LogP contribution is -2.36. The molecule has 1 N–H and O–H groups in total. The summed E-state index contributed by atoms with van der Waals surface area (Å²) in [6, 6.07) is 11.2. The van der Waals surface area contributed by atoms with E-state index in [2.05, 4.69) is 5.32 Å². The summed E-state index contributed by atoms with van der Waals surface area (Å²) in [5.41, 5.74) is 0.681. The number of methoxy groups -OCH3 is 1. The molecule has 0 spiro atoms. The van der Waals surface area contributed by atoms with Gasteiger partial charge in [-0.05, 0) is 44.2 Å². The minimum atomic E-state index is -0.498. The lowest BCUT2D eigenvalue weighted by Gasteiger charge is -2.15. The third-order valence-electron chi connectivity index (χ3n) is 3.60. The highest BCUT2D eigenvalue weighted by atomic mass is 16.6. The van der Waals surface area contributed by atoms with Crippen LogP contribution in [0.25, 0.3) is 0 Å². The van der Waals surface area contributed by atoms with Gasteiger partial charge in [0.1, 0.15) is 18.1 Å². The average molecular weight is 344 g/mol. The highest BCUT2D eigenvalue weighted by Crippen LogP contribution is 2.19. The number of ether oxygens (including phenoxy) is 2. The zero-order valence-corrected chi connectivity index (χ0v) is 14.3. The second-order valence-corrected chi connectivity index (χ2v) is 5.62. The molecule has 7 heteroatoms. The first-order chi connectivity index (χ1) is 11.9. The summed E-state index contributed by atoms with van der Waals surface area (Å²) in [5, 5.41) is 13.7. The summed E-state index contributed by atoms with van der Waals surface area (Å²) in [6.45, 7) is 3.70. The van der Waals surface area contributed by atoms with E-state index in [1.165, 1.54) is 6.07 Å². The van der Waals surface area contributed by atoms with Crippen LogP contribution in [0.5, 0.6) is 11.5 Å². The maximum atomic E-state index is 12.2. The molecule has 2 aromatic carbocycles. The molecule has 0 aromatic heterocycles. The van der Waals surface area contributed by atoms with Crippen LogP contribution in [0.1, 0.15) is 22.8 Å². The summed E-state index contributed by atoms with van der Waals surface area (Å²) in [6.07, 6.45) is 0. The van der Waals surface area contributed by atoms with E-state index in [1.807, 2.05) is 0 Å². The molecular formula is C18H20N2O5. The number of nitrogens with one attached hydrogen (secondary N) is 1. The highest BCUT2D eigenvalue weighted by molar-refractivity contribution is 5.95. The molecule has 0 bridgehead atoms. The fraction of sp³-hybridized carbons (Fsp3) is 0.278. The monoisotopic (exact) mass is 344 g/mol. The van der Waals surface area contributed by atoms with E-state index >= 15 is 0 Å². The van der Waals surface area contributed by atoms with Crippen LogP contribution in [-0.4, -0.2) is 30.6 Å². The number of hydrogen-bond donors (Lipinski definition) is 1. The molecule has 0 radical (unpaired) electrons. The van der Waals surface area contributed by atoms with Crippen molar-refractivity contribution in [3.8, 4) is 11.5 Å². The number of nitro benzene ring substituents is 1. The van der Waals surface area contributed by atoms with Gasteiger partial charge in [-0.1, -0.05) is 6.07 Å².